The SMILES string of the molecule is CCCCCCCC=C=CCCCCCCCC(=O)O[C@H](COC(=O)CCCCCCCCCCC)CO[C@@H]1O[C@H](CO[C@@H]2O[C@H](CO)[C@H](O)C(O)C2O)[C@H](O)C(O)C1O. The first-order valence-corrected chi connectivity index (χ1v) is 23.0. The highest BCUT2D eigenvalue weighted by atomic mass is 16.7. The maximum Gasteiger partial charge on any atom is 0.306 e. The lowest BCUT2D eigenvalue weighted by Gasteiger charge is -2.42. The summed E-state index contributed by atoms with van der Waals surface area (Å²) in [5.74, 6) is -0.947. The van der Waals surface area contributed by atoms with Crippen LogP contribution in [0.25, 0.3) is 0 Å². The topological polar surface area (TPSA) is 231 Å². The van der Waals surface area contributed by atoms with E-state index >= 15 is 0 Å². The van der Waals surface area contributed by atoms with Gasteiger partial charge in [-0.1, -0.05) is 110 Å². The molecule has 15 heteroatoms. The summed E-state index contributed by atoms with van der Waals surface area (Å²) in [7, 11) is 0. The number of esters is 2. The van der Waals surface area contributed by atoms with Gasteiger partial charge >= 0.3 is 11.9 Å². The summed E-state index contributed by atoms with van der Waals surface area (Å²) in [6.45, 7) is 2.51. The summed E-state index contributed by atoms with van der Waals surface area (Å²) >= 11 is 0. The first kappa shape index (κ1) is 54.2. The number of hydrogen-bond acceptors (Lipinski definition) is 15. The number of rotatable bonds is 34. The Morgan fingerprint density at radius 3 is 1.53 bits per heavy atom. The fraction of sp³-hybridized carbons (Fsp3) is 0.889. The van der Waals surface area contributed by atoms with Gasteiger partial charge in [-0.2, -0.15) is 0 Å². The van der Waals surface area contributed by atoms with Gasteiger partial charge in [0.05, 0.1) is 19.8 Å². The molecule has 7 N–H and O–H groups in total. The summed E-state index contributed by atoms with van der Waals surface area (Å²) in [6.07, 6.45) is 10.4. The highest BCUT2D eigenvalue weighted by Crippen LogP contribution is 2.26. The molecule has 2 heterocycles. The normalized spacial score (nSPS) is 27.2. The molecule has 0 aromatic heterocycles. The molecule has 0 spiro atoms. The largest absolute Gasteiger partial charge is 0.462 e. The first-order valence-electron chi connectivity index (χ1n) is 23.0. The Bertz CT molecular complexity index is 1160. The molecular weight excluding hydrogens is 780 g/mol. The summed E-state index contributed by atoms with van der Waals surface area (Å²) in [5, 5.41) is 71.8. The van der Waals surface area contributed by atoms with Crippen LogP contribution in [0, 0.1) is 0 Å². The van der Waals surface area contributed by atoms with Gasteiger partial charge < -0.3 is 64.2 Å². The highest BCUT2D eigenvalue weighted by molar-refractivity contribution is 5.70. The van der Waals surface area contributed by atoms with E-state index in [9.17, 15) is 45.3 Å². The fourth-order valence-corrected chi connectivity index (χ4v) is 7.13. The van der Waals surface area contributed by atoms with Crippen molar-refractivity contribution in [2.45, 2.75) is 229 Å². The zero-order valence-electron chi connectivity index (χ0n) is 36.5. The van der Waals surface area contributed by atoms with Crippen LogP contribution < -0.4 is 0 Å². The molecule has 0 aliphatic carbocycles. The predicted molar refractivity (Wildman–Crippen MR) is 223 cm³/mol. The van der Waals surface area contributed by atoms with Crippen LogP contribution in [-0.2, 0) is 38.0 Å². The van der Waals surface area contributed by atoms with E-state index in [1.54, 1.807) is 0 Å². The summed E-state index contributed by atoms with van der Waals surface area (Å²) in [6, 6.07) is 0. The molecule has 0 bridgehead atoms. The molecule has 2 aliphatic rings. The van der Waals surface area contributed by atoms with E-state index in [2.05, 4.69) is 31.7 Å². The van der Waals surface area contributed by atoms with Gasteiger partial charge in [-0.15, -0.1) is 5.73 Å². The van der Waals surface area contributed by atoms with E-state index in [1.165, 1.54) is 64.2 Å². The number of hydrogen-bond donors (Lipinski definition) is 7. The van der Waals surface area contributed by atoms with Gasteiger partial charge in [0.25, 0.3) is 0 Å². The van der Waals surface area contributed by atoms with Gasteiger partial charge in [-0.25, -0.2) is 0 Å². The Labute approximate surface area is 358 Å². The van der Waals surface area contributed by atoms with Crippen molar-refractivity contribution in [2.24, 2.45) is 0 Å². The minimum Gasteiger partial charge on any atom is -0.462 e. The highest BCUT2D eigenvalue weighted by Gasteiger charge is 2.47. The van der Waals surface area contributed by atoms with Crippen molar-refractivity contribution < 1.29 is 73.8 Å². The summed E-state index contributed by atoms with van der Waals surface area (Å²) in [4.78, 5) is 25.5. The van der Waals surface area contributed by atoms with Crippen molar-refractivity contribution in [1.82, 2.24) is 0 Å². The van der Waals surface area contributed by atoms with E-state index in [1.807, 2.05) is 0 Å². The molecular formula is C45H80O15. The average Bonchev–Trinajstić information content (AvgIpc) is 3.24. The number of aliphatic hydroxyl groups is 7. The van der Waals surface area contributed by atoms with Gasteiger partial charge in [0.2, 0.25) is 0 Å². The van der Waals surface area contributed by atoms with Crippen molar-refractivity contribution in [3.05, 3.63) is 17.9 Å². The fourth-order valence-electron chi connectivity index (χ4n) is 7.13. The van der Waals surface area contributed by atoms with Crippen LogP contribution in [-0.4, -0.2) is 142 Å². The van der Waals surface area contributed by atoms with E-state index < -0.39 is 92.7 Å². The van der Waals surface area contributed by atoms with Gasteiger partial charge in [0.15, 0.2) is 18.7 Å². The molecule has 2 saturated heterocycles. The molecule has 2 aliphatic heterocycles. The third-order valence-corrected chi connectivity index (χ3v) is 11.0. The minimum atomic E-state index is -1.76. The molecule has 15 nitrogen and oxygen atoms in total. The third kappa shape index (κ3) is 22.4. The molecule has 4 unspecified atom stereocenters. The van der Waals surface area contributed by atoms with Crippen molar-refractivity contribution >= 4 is 11.9 Å². The molecule has 0 saturated carbocycles. The Morgan fingerprint density at radius 2 is 1.00 bits per heavy atom. The molecule has 60 heavy (non-hydrogen) atoms. The summed E-state index contributed by atoms with van der Waals surface area (Å²) in [5.41, 5.74) is 3.28. The lowest BCUT2D eigenvalue weighted by atomic mass is 9.98. The van der Waals surface area contributed by atoms with Crippen LogP contribution in [0.15, 0.2) is 17.9 Å². The number of allylic oxidation sites excluding steroid dienone is 1. The van der Waals surface area contributed by atoms with E-state index in [0.717, 1.165) is 57.8 Å². The molecule has 2 rings (SSSR count). The first-order chi connectivity index (χ1) is 29.0. The van der Waals surface area contributed by atoms with Crippen molar-refractivity contribution in [3.63, 3.8) is 0 Å². The molecule has 2 fully saturated rings. The zero-order valence-corrected chi connectivity index (χ0v) is 36.5. The second-order valence-corrected chi connectivity index (χ2v) is 16.3. The number of aliphatic hydroxyl groups excluding tert-OH is 7. The molecule has 0 aromatic carbocycles. The smallest absolute Gasteiger partial charge is 0.306 e. The molecule has 0 amide bonds. The van der Waals surface area contributed by atoms with Crippen molar-refractivity contribution in [3.8, 4) is 0 Å². The number of unbranched alkanes of at least 4 members (excludes halogenated alkanes) is 18. The lowest BCUT2D eigenvalue weighted by Crippen LogP contribution is -2.61. The van der Waals surface area contributed by atoms with Gasteiger partial charge in [0.1, 0.15) is 55.4 Å². The Balaban J connectivity index is 1.86. The maximum atomic E-state index is 12.9. The molecule has 0 radical (unpaired) electrons. The monoisotopic (exact) mass is 861 g/mol. The lowest BCUT2D eigenvalue weighted by molar-refractivity contribution is -0.332. The van der Waals surface area contributed by atoms with Crippen molar-refractivity contribution in [2.75, 3.05) is 26.4 Å². The summed E-state index contributed by atoms with van der Waals surface area (Å²) < 4.78 is 33.4. The van der Waals surface area contributed by atoms with Crippen molar-refractivity contribution in [1.29, 1.82) is 0 Å². The van der Waals surface area contributed by atoms with Crippen LogP contribution in [0.4, 0.5) is 0 Å². The van der Waals surface area contributed by atoms with Crippen LogP contribution in [0.5, 0.6) is 0 Å². The molecule has 11 atom stereocenters. The van der Waals surface area contributed by atoms with Crippen LogP contribution in [0.2, 0.25) is 0 Å². The molecule has 350 valence electrons. The Morgan fingerprint density at radius 1 is 0.550 bits per heavy atom. The van der Waals surface area contributed by atoms with Crippen LogP contribution >= 0.6 is 0 Å². The van der Waals surface area contributed by atoms with E-state index in [4.69, 9.17) is 28.4 Å². The molecule has 0 aromatic rings. The quantitative estimate of drug-likeness (QED) is 0.0262. The second-order valence-electron chi connectivity index (χ2n) is 16.3. The number of carbonyl (C=O) groups excluding carboxylic acids is 2. The Kier molecular flexibility index (Phi) is 30.3. The zero-order chi connectivity index (χ0) is 44.0. The predicted octanol–water partition coefficient (Wildman–Crippen LogP) is 4.81. The van der Waals surface area contributed by atoms with Crippen LogP contribution in [0.1, 0.15) is 162 Å². The van der Waals surface area contributed by atoms with Gasteiger partial charge in [-0.3, -0.25) is 9.59 Å². The van der Waals surface area contributed by atoms with E-state index in [-0.39, 0.29) is 26.1 Å². The minimum absolute atomic E-state index is 0.147. The Hall–Kier alpha value is -1.98. The van der Waals surface area contributed by atoms with Gasteiger partial charge in [-0.05, 0) is 50.7 Å². The van der Waals surface area contributed by atoms with Gasteiger partial charge in [0, 0.05) is 12.8 Å². The number of ether oxygens (including phenoxy) is 6. The number of carbonyl (C=O) groups is 2. The van der Waals surface area contributed by atoms with Crippen LogP contribution in [0.3, 0.4) is 0 Å². The maximum absolute atomic E-state index is 12.9. The average molecular weight is 861 g/mol. The standard InChI is InChI=1S/C45H80O15/c1-3-5-7-9-11-13-14-15-16-17-18-20-22-24-26-28-37(48)58-33(30-55-36(47)27-25-23-21-19-12-10-8-6-4-2)31-56-44-43(54)41(52)39(50)35(60-44)32-57-45-42(53)40(51)38(49)34(29-46)59-45/h14,16,33-35,38-46,49-54H,3-13,17-32H2,1-2H3/t15?,33-,34-,35-,38+,39+,40?,41?,42?,43?,44-,45-/m1/s1. The second kappa shape index (κ2) is 33.6. The van der Waals surface area contributed by atoms with E-state index in [0.29, 0.717) is 12.8 Å². The third-order valence-electron chi connectivity index (χ3n) is 11.0.